The Bertz CT molecular complexity index is 728. The number of nitrogens with one attached hydrogen (secondary N) is 1. The summed E-state index contributed by atoms with van der Waals surface area (Å²) in [6.07, 6.45) is -1.05. The van der Waals surface area contributed by atoms with E-state index in [4.69, 9.17) is 0 Å². The molecule has 0 bridgehead atoms. The molecule has 0 radical (unpaired) electrons. The number of rotatable bonds is 3. The minimum Gasteiger partial charge on any atom is -0.465 e. The summed E-state index contributed by atoms with van der Waals surface area (Å²) in [6, 6.07) is 16.3. The first-order valence-electron chi connectivity index (χ1n) is 8.00. The van der Waals surface area contributed by atoms with Gasteiger partial charge < -0.3 is 10.4 Å². The van der Waals surface area contributed by atoms with Crippen molar-refractivity contribution in [3.63, 3.8) is 0 Å². The van der Waals surface area contributed by atoms with Gasteiger partial charge >= 0.3 is 6.09 Å². The van der Waals surface area contributed by atoms with Gasteiger partial charge in [-0.25, -0.2) is 4.79 Å². The van der Waals surface area contributed by atoms with Crippen LogP contribution in [0.5, 0.6) is 0 Å². The van der Waals surface area contributed by atoms with Crippen molar-refractivity contribution in [3.8, 4) is 11.1 Å². The largest absolute Gasteiger partial charge is 0.465 e. The number of carbonyl (C=O) groups excluding carboxylic acids is 1. The summed E-state index contributed by atoms with van der Waals surface area (Å²) in [5, 5.41) is 12.5. The highest BCUT2D eigenvalue weighted by Crippen LogP contribution is 2.21. The van der Waals surface area contributed by atoms with Crippen LogP contribution in [-0.2, 0) is 0 Å². The zero-order valence-electron chi connectivity index (χ0n) is 13.5. The monoisotopic (exact) mass is 324 g/mol. The number of carbonyl (C=O) groups is 2. The predicted molar refractivity (Wildman–Crippen MR) is 92.2 cm³/mol. The summed E-state index contributed by atoms with van der Waals surface area (Å²) in [5.41, 5.74) is 2.63. The van der Waals surface area contributed by atoms with Crippen LogP contribution in [0.1, 0.15) is 17.3 Å². The average molecular weight is 324 g/mol. The third kappa shape index (κ3) is 3.16. The van der Waals surface area contributed by atoms with Gasteiger partial charge in [-0.1, -0.05) is 54.6 Å². The number of amides is 1. The number of hydrogen-bond acceptors (Lipinski definition) is 3. The van der Waals surface area contributed by atoms with E-state index in [2.05, 4.69) is 5.32 Å². The molecule has 124 valence electrons. The molecule has 2 aromatic rings. The second-order valence-corrected chi connectivity index (χ2v) is 5.97. The maximum atomic E-state index is 12.8. The van der Waals surface area contributed by atoms with E-state index in [9.17, 15) is 14.7 Å². The summed E-state index contributed by atoms with van der Waals surface area (Å²) >= 11 is 0. The third-order valence-corrected chi connectivity index (χ3v) is 4.42. The number of hydrogen-bond donors (Lipinski definition) is 2. The van der Waals surface area contributed by atoms with Gasteiger partial charge in [0.1, 0.15) is 6.04 Å². The minimum absolute atomic E-state index is 0.170. The van der Waals surface area contributed by atoms with Gasteiger partial charge in [-0.3, -0.25) is 9.69 Å². The summed E-state index contributed by atoms with van der Waals surface area (Å²) in [5.74, 6) is -0.170. The Kier molecular flexibility index (Phi) is 4.62. The van der Waals surface area contributed by atoms with Crippen molar-refractivity contribution < 1.29 is 14.7 Å². The topological polar surface area (TPSA) is 69.6 Å². The third-order valence-electron chi connectivity index (χ3n) is 4.42. The molecule has 24 heavy (non-hydrogen) atoms. The number of ketones is 1. The fourth-order valence-electron chi connectivity index (χ4n) is 3.14. The van der Waals surface area contributed by atoms with Gasteiger partial charge in [-0.2, -0.15) is 0 Å². The SMILES string of the molecule is CC1NCCN(C(=O)O)C1C(=O)c1ccc(-c2ccccc2)cc1. The standard InChI is InChI=1S/C19H20N2O3/c1-13-17(21(19(23)24)12-11-20-13)18(22)16-9-7-15(8-10-16)14-5-3-2-4-6-14/h2-10,13,17,20H,11-12H2,1H3,(H,23,24). The van der Waals surface area contributed by atoms with E-state index >= 15 is 0 Å². The molecule has 2 N–H and O–H groups in total. The van der Waals surface area contributed by atoms with Crippen molar-refractivity contribution >= 4 is 11.9 Å². The van der Waals surface area contributed by atoms with Crippen molar-refractivity contribution in [1.29, 1.82) is 0 Å². The lowest BCUT2D eigenvalue weighted by Gasteiger charge is -2.37. The van der Waals surface area contributed by atoms with Crippen LogP contribution in [-0.4, -0.2) is 47.1 Å². The lowest BCUT2D eigenvalue weighted by atomic mass is 9.94. The molecule has 0 aromatic heterocycles. The molecule has 2 unspecified atom stereocenters. The first kappa shape index (κ1) is 16.2. The highest BCUT2D eigenvalue weighted by Gasteiger charge is 2.37. The molecule has 5 heteroatoms. The predicted octanol–water partition coefficient (Wildman–Crippen LogP) is 2.88. The Hall–Kier alpha value is -2.66. The smallest absolute Gasteiger partial charge is 0.408 e. The van der Waals surface area contributed by atoms with Gasteiger partial charge in [0.2, 0.25) is 0 Å². The summed E-state index contributed by atoms with van der Waals surface area (Å²) < 4.78 is 0. The molecular formula is C19H20N2O3. The van der Waals surface area contributed by atoms with Crippen LogP contribution in [0, 0.1) is 0 Å². The molecule has 2 atom stereocenters. The van der Waals surface area contributed by atoms with E-state index in [1.165, 1.54) is 4.90 Å². The van der Waals surface area contributed by atoms with Gasteiger partial charge in [-0.15, -0.1) is 0 Å². The van der Waals surface area contributed by atoms with Crippen LogP contribution in [0.25, 0.3) is 11.1 Å². The molecule has 0 saturated carbocycles. The Morgan fingerprint density at radius 1 is 1.04 bits per heavy atom. The van der Waals surface area contributed by atoms with Gasteiger partial charge in [0.05, 0.1) is 0 Å². The fraction of sp³-hybridized carbons (Fsp3) is 0.263. The Morgan fingerprint density at radius 3 is 2.29 bits per heavy atom. The Morgan fingerprint density at radius 2 is 1.67 bits per heavy atom. The molecule has 1 aliphatic heterocycles. The molecule has 1 heterocycles. The van der Waals surface area contributed by atoms with Crippen LogP contribution in [0.15, 0.2) is 54.6 Å². The van der Waals surface area contributed by atoms with Crippen LogP contribution >= 0.6 is 0 Å². The van der Waals surface area contributed by atoms with Crippen LogP contribution < -0.4 is 5.32 Å². The zero-order chi connectivity index (χ0) is 17.1. The normalized spacial score (nSPS) is 20.6. The molecule has 0 aliphatic carbocycles. The highest BCUT2D eigenvalue weighted by atomic mass is 16.4. The van der Waals surface area contributed by atoms with Gasteiger partial charge in [-0.05, 0) is 18.1 Å². The van der Waals surface area contributed by atoms with Crippen molar-refractivity contribution in [2.75, 3.05) is 13.1 Å². The number of nitrogens with zero attached hydrogens (tertiary/aromatic N) is 1. The molecule has 2 aromatic carbocycles. The summed E-state index contributed by atoms with van der Waals surface area (Å²) in [6.45, 7) is 2.72. The van der Waals surface area contributed by atoms with E-state index in [-0.39, 0.29) is 11.8 Å². The van der Waals surface area contributed by atoms with Crippen LogP contribution in [0.2, 0.25) is 0 Å². The molecule has 0 spiro atoms. The minimum atomic E-state index is -1.05. The molecule has 1 saturated heterocycles. The zero-order valence-corrected chi connectivity index (χ0v) is 13.5. The maximum absolute atomic E-state index is 12.8. The number of benzene rings is 2. The Labute approximate surface area is 140 Å². The van der Waals surface area contributed by atoms with Gasteiger partial charge in [0, 0.05) is 24.7 Å². The summed E-state index contributed by atoms with van der Waals surface area (Å²) in [4.78, 5) is 25.5. The molecule has 1 aliphatic rings. The second kappa shape index (κ2) is 6.84. The van der Waals surface area contributed by atoms with E-state index in [0.717, 1.165) is 11.1 Å². The first-order chi connectivity index (χ1) is 11.6. The molecule has 5 nitrogen and oxygen atoms in total. The average Bonchev–Trinajstić information content (AvgIpc) is 2.62. The molecule has 3 rings (SSSR count). The number of Topliss-reactive ketones (excluding diaryl/α,β-unsaturated/α-hetero) is 1. The number of piperazine rings is 1. The van der Waals surface area contributed by atoms with Crippen molar-refractivity contribution in [2.24, 2.45) is 0 Å². The molecule has 1 fully saturated rings. The second-order valence-electron chi connectivity index (χ2n) is 5.97. The van der Waals surface area contributed by atoms with E-state index in [1.54, 1.807) is 12.1 Å². The van der Waals surface area contributed by atoms with Crippen molar-refractivity contribution in [3.05, 3.63) is 60.2 Å². The summed E-state index contributed by atoms with van der Waals surface area (Å²) in [7, 11) is 0. The van der Waals surface area contributed by atoms with Gasteiger partial charge in [0.15, 0.2) is 5.78 Å². The van der Waals surface area contributed by atoms with Gasteiger partial charge in [0.25, 0.3) is 0 Å². The quantitative estimate of drug-likeness (QED) is 0.852. The fourth-order valence-corrected chi connectivity index (χ4v) is 3.14. The van der Waals surface area contributed by atoms with Crippen molar-refractivity contribution in [2.45, 2.75) is 19.0 Å². The maximum Gasteiger partial charge on any atom is 0.408 e. The van der Waals surface area contributed by atoms with E-state index < -0.39 is 12.1 Å². The Balaban J connectivity index is 1.85. The van der Waals surface area contributed by atoms with Crippen LogP contribution in [0.4, 0.5) is 4.79 Å². The van der Waals surface area contributed by atoms with Crippen molar-refractivity contribution in [1.82, 2.24) is 10.2 Å². The van der Waals surface area contributed by atoms with E-state index in [0.29, 0.717) is 18.7 Å². The molecule has 1 amide bonds. The lowest BCUT2D eigenvalue weighted by molar-refractivity contribution is 0.0665. The first-order valence-corrected chi connectivity index (χ1v) is 8.00. The van der Waals surface area contributed by atoms with E-state index in [1.807, 2.05) is 49.4 Å². The lowest BCUT2D eigenvalue weighted by Crippen LogP contribution is -2.61. The highest BCUT2D eigenvalue weighted by molar-refractivity contribution is 6.02. The van der Waals surface area contributed by atoms with Crippen LogP contribution in [0.3, 0.4) is 0 Å². The molecular weight excluding hydrogens is 304 g/mol. The number of carboxylic acid groups (broad SMARTS) is 1.